The van der Waals surface area contributed by atoms with E-state index in [2.05, 4.69) is 258 Å². The zero-order valence-corrected chi connectivity index (χ0v) is 41.5. The lowest BCUT2D eigenvalue weighted by molar-refractivity contribution is 1.02. The fraction of sp³-hybridized carbons (Fsp3) is 0.134. The molecule has 0 saturated carbocycles. The Morgan fingerprint density at radius 1 is 0.449 bits per heavy atom. The second-order valence-corrected chi connectivity index (χ2v) is 19.8. The Kier molecular flexibility index (Phi) is 13.1. The van der Waals surface area contributed by atoms with Gasteiger partial charge in [-0.3, -0.25) is 0 Å². The third-order valence-electron chi connectivity index (χ3n) is 14.0. The van der Waals surface area contributed by atoms with Gasteiger partial charge in [0.1, 0.15) is 0 Å². The van der Waals surface area contributed by atoms with Crippen molar-refractivity contribution in [2.24, 2.45) is 0 Å². The van der Waals surface area contributed by atoms with E-state index in [4.69, 9.17) is 0 Å². The van der Waals surface area contributed by atoms with E-state index in [9.17, 15) is 0 Å². The van der Waals surface area contributed by atoms with Gasteiger partial charge < -0.3 is 4.57 Å². The minimum Gasteiger partial charge on any atom is -0.309 e. The number of nitrogens with zero attached hydrogens (tertiary/aromatic N) is 1. The van der Waals surface area contributed by atoms with Crippen molar-refractivity contribution in [1.82, 2.24) is 4.57 Å². The molecule has 1 aliphatic carbocycles. The van der Waals surface area contributed by atoms with Crippen LogP contribution in [0.25, 0.3) is 77.0 Å². The van der Waals surface area contributed by atoms with Crippen LogP contribution in [0, 0.1) is 41.5 Å². The highest BCUT2D eigenvalue weighted by Gasteiger charge is 2.15. The van der Waals surface area contributed by atoms with E-state index in [0.717, 1.165) is 6.42 Å². The maximum atomic E-state index is 2.36. The van der Waals surface area contributed by atoms with E-state index in [-0.39, 0.29) is 0 Å². The SMILES string of the molecule is Cc1ccc(-c2cccc(-c3ccccc3C)c2C)cc1.Cc1ccc2sc3c(c2c1)C=CCC3.Cc1cccc(Cc2ccc(-c3ccc4c(c3)c3ccccc3n4-c3ccccc3)cc2)c1C. The number of thiophene rings is 1. The van der Waals surface area contributed by atoms with Crippen molar-refractivity contribution in [3.63, 3.8) is 0 Å². The summed E-state index contributed by atoms with van der Waals surface area (Å²) in [5.74, 6) is 0. The summed E-state index contributed by atoms with van der Waals surface area (Å²) in [5, 5.41) is 4.02. The van der Waals surface area contributed by atoms with Gasteiger partial charge in [0.25, 0.3) is 0 Å². The molecule has 1 aliphatic rings. The minimum atomic E-state index is 0.970. The van der Waals surface area contributed by atoms with Crippen LogP contribution in [0.3, 0.4) is 0 Å². The zero-order chi connectivity index (χ0) is 47.4. The van der Waals surface area contributed by atoms with Crippen LogP contribution in [-0.2, 0) is 12.8 Å². The van der Waals surface area contributed by atoms with Crippen molar-refractivity contribution < 1.29 is 0 Å². The first-order chi connectivity index (χ1) is 33.7. The van der Waals surface area contributed by atoms with Crippen LogP contribution in [0.2, 0.25) is 0 Å². The molecule has 9 aromatic carbocycles. The average molecular weight is 910 g/mol. The number of hydrogen-bond donors (Lipinski definition) is 0. The molecule has 0 fully saturated rings. The summed E-state index contributed by atoms with van der Waals surface area (Å²) >= 11 is 1.96. The van der Waals surface area contributed by atoms with Gasteiger partial charge in [-0.1, -0.05) is 181 Å². The average Bonchev–Trinajstić information content (AvgIpc) is 3.92. The molecule has 0 amide bonds. The summed E-state index contributed by atoms with van der Waals surface area (Å²) in [5.41, 5.74) is 23.7. The van der Waals surface area contributed by atoms with Gasteiger partial charge in [-0.25, -0.2) is 0 Å². The quantitative estimate of drug-likeness (QED) is 0.157. The maximum absolute atomic E-state index is 2.36. The maximum Gasteiger partial charge on any atom is 0.0541 e. The van der Waals surface area contributed by atoms with Crippen LogP contribution in [0.15, 0.2) is 206 Å². The van der Waals surface area contributed by atoms with Gasteiger partial charge >= 0.3 is 0 Å². The monoisotopic (exact) mass is 909 g/mol. The predicted molar refractivity (Wildman–Crippen MR) is 300 cm³/mol. The Bertz CT molecular complexity index is 3620. The lowest BCUT2D eigenvalue weighted by atomic mass is 9.91. The molecule has 0 aliphatic heterocycles. The largest absolute Gasteiger partial charge is 0.309 e. The Morgan fingerprint density at radius 3 is 1.91 bits per heavy atom. The fourth-order valence-electron chi connectivity index (χ4n) is 9.96. The van der Waals surface area contributed by atoms with Crippen molar-refractivity contribution in [1.29, 1.82) is 0 Å². The molecule has 69 heavy (non-hydrogen) atoms. The lowest BCUT2D eigenvalue weighted by Gasteiger charge is -2.14. The molecule has 0 unspecified atom stereocenters. The highest BCUT2D eigenvalue weighted by atomic mass is 32.1. The van der Waals surface area contributed by atoms with Crippen LogP contribution in [-0.4, -0.2) is 4.57 Å². The van der Waals surface area contributed by atoms with E-state index < -0.39 is 0 Å². The van der Waals surface area contributed by atoms with Crippen LogP contribution in [0.5, 0.6) is 0 Å². The molecule has 0 bridgehead atoms. The molecule has 0 N–H and O–H groups in total. The first kappa shape index (κ1) is 45.3. The predicted octanol–water partition coefficient (Wildman–Crippen LogP) is 18.8. The Labute approximate surface area is 412 Å². The highest BCUT2D eigenvalue weighted by Crippen LogP contribution is 2.38. The van der Waals surface area contributed by atoms with E-state index in [1.54, 1.807) is 4.88 Å². The summed E-state index contributed by atoms with van der Waals surface area (Å²) in [4.78, 5) is 1.56. The molecule has 0 saturated heterocycles. The van der Waals surface area contributed by atoms with Crippen molar-refractivity contribution in [2.45, 2.75) is 60.8 Å². The Balaban J connectivity index is 0.000000134. The molecule has 12 rings (SSSR count). The van der Waals surface area contributed by atoms with Gasteiger partial charge in [-0.05, 0) is 176 Å². The molecular formula is C67H59NS. The molecule has 338 valence electrons. The smallest absolute Gasteiger partial charge is 0.0541 e. The van der Waals surface area contributed by atoms with Gasteiger partial charge in [-0.15, -0.1) is 11.3 Å². The van der Waals surface area contributed by atoms with Crippen LogP contribution >= 0.6 is 11.3 Å². The van der Waals surface area contributed by atoms with E-state index >= 15 is 0 Å². The number of para-hydroxylation sites is 2. The van der Waals surface area contributed by atoms with E-state index in [1.165, 1.54) is 134 Å². The van der Waals surface area contributed by atoms with Crippen molar-refractivity contribution in [3.8, 4) is 39.1 Å². The molecule has 0 radical (unpaired) electrons. The van der Waals surface area contributed by atoms with Crippen molar-refractivity contribution in [3.05, 3.63) is 261 Å². The molecule has 2 heteroatoms. The third-order valence-corrected chi connectivity index (χ3v) is 15.2. The number of fused-ring (bicyclic) bond motifs is 6. The number of hydrogen-bond acceptors (Lipinski definition) is 1. The second kappa shape index (κ2) is 20.0. The van der Waals surface area contributed by atoms with Crippen molar-refractivity contribution in [2.75, 3.05) is 0 Å². The van der Waals surface area contributed by atoms with Gasteiger partial charge in [0, 0.05) is 31.4 Å². The van der Waals surface area contributed by atoms with Gasteiger partial charge in [0.2, 0.25) is 0 Å². The van der Waals surface area contributed by atoms with Crippen LogP contribution in [0.4, 0.5) is 0 Å². The summed E-state index contributed by atoms with van der Waals surface area (Å²) in [6, 6.07) is 72.5. The van der Waals surface area contributed by atoms with Crippen LogP contribution < -0.4 is 0 Å². The zero-order valence-electron chi connectivity index (χ0n) is 40.7. The number of benzene rings is 9. The second-order valence-electron chi connectivity index (χ2n) is 18.7. The molecule has 1 nitrogen and oxygen atoms in total. The molecule has 0 atom stereocenters. The van der Waals surface area contributed by atoms with E-state index in [0.29, 0.717) is 0 Å². The summed E-state index contributed by atoms with van der Waals surface area (Å²) < 4.78 is 3.80. The molecule has 11 aromatic rings. The number of aromatic nitrogens is 1. The summed E-state index contributed by atoms with van der Waals surface area (Å²) in [7, 11) is 0. The summed E-state index contributed by atoms with van der Waals surface area (Å²) in [6.07, 6.45) is 7.98. The normalized spacial score (nSPS) is 11.8. The topological polar surface area (TPSA) is 4.93 Å². The Morgan fingerprint density at radius 2 is 1.10 bits per heavy atom. The van der Waals surface area contributed by atoms with Gasteiger partial charge in [-0.2, -0.15) is 0 Å². The number of rotatable bonds is 6. The molecule has 2 heterocycles. The first-order valence-corrected chi connectivity index (χ1v) is 25.2. The van der Waals surface area contributed by atoms with Gasteiger partial charge in [0.15, 0.2) is 0 Å². The number of allylic oxidation sites excluding steroid dienone is 1. The fourth-order valence-corrected chi connectivity index (χ4v) is 11.1. The summed E-state index contributed by atoms with van der Waals surface area (Å²) in [6.45, 7) is 13.1. The first-order valence-electron chi connectivity index (χ1n) is 24.3. The lowest BCUT2D eigenvalue weighted by Crippen LogP contribution is -1.94. The van der Waals surface area contributed by atoms with Gasteiger partial charge in [0.05, 0.1) is 11.0 Å². The van der Waals surface area contributed by atoms with E-state index in [1.807, 2.05) is 11.3 Å². The third kappa shape index (κ3) is 9.51. The molecule has 0 spiro atoms. The van der Waals surface area contributed by atoms with Crippen molar-refractivity contribution >= 4 is 49.3 Å². The molecular weight excluding hydrogens is 851 g/mol. The van der Waals surface area contributed by atoms with Crippen LogP contribution in [0.1, 0.15) is 61.4 Å². The minimum absolute atomic E-state index is 0.970. The Hall–Kier alpha value is -7.52. The standard InChI is InChI=1S/C33H27N.C21H20.C13H12S/c1-23-9-8-10-27(24(23)2)21-25-15-17-26(18-16-25)28-19-20-33-31(22-28)30-13-6-7-14-32(30)34(33)29-11-4-3-5-12-29;1-15-11-13-18(14-12-15)20-9-6-10-21(17(20)3)19-8-5-4-7-16(19)2;1-9-6-7-13-11(8-9)10-4-2-3-5-12(10)14-13/h3-20,22H,21H2,1-2H3;4-14H,1-3H3;2,4,6-8H,3,5H2,1H3. The number of aryl methyl sites for hydroxylation is 5. The molecule has 2 aromatic heterocycles. The highest BCUT2D eigenvalue weighted by molar-refractivity contribution is 7.19.